The zero-order valence-corrected chi connectivity index (χ0v) is 13.4. The normalized spacial score (nSPS) is 17.2. The number of rotatable bonds is 6. The van der Waals surface area contributed by atoms with E-state index in [9.17, 15) is 9.36 Å². The molecule has 0 aromatic heterocycles. The number of hydrogen-bond donors (Lipinski definition) is 1. The molecule has 16 heavy (non-hydrogen) atoms. The molecule has 0 saturated carbocycles. The molecule has 0 heterocycles. The van der Waals surface area contributed by atoms with E-state index >= 15 is 0 Å². The van der Waals surface area contributed by atoms with Gasteiger partial charge in [0, 0.05) is 22.0 Å². The van der Waals surface area contributed by atoms with Gasteiger partial charge in [-0.15, -0.1) is 0 Å². The molecule has 0 aliphatic rings. The molecule has 0 aliphatic carbocycles. The summed E-state index contributed by atoms with van der Waals surface area (Å²) >= 11 is 1.87. The van der Waals surface area contributed by atoms with Crippen LogP contribution in [0.3, 0.4) is 0 Å². The summed E-state index contributed by atoms with van der Waals surface area (Å²) in [6.07, 6.45) is 0.256. The zero-order valence-electron chi connectivity index (χ0n) is 10.4. The van der Waals surface area contributed by atoms with Crippen LogP contribution < -0.4 is 5.09 Å². The Hall–Kier alpha value is 0.350. The quantitative estimate of drug-likeness (QED) is 0.445. The number of ether oxygens (including phenoxy) is 1. The van der Waals surface area contributed by atoms with Crippen LogP contribution in [-0.4, -0.2) is 43.4 Å². The number of carbonyl (C=O) groups is 1. The highest BCUT2D eigenvalue weighted by molar-refractivity contribution is 14.2. The third-order valence-electron chi connectivity index (χ3n) is 1.56. The number of nitrogens with one attached hydrogen (secondary N) is 1. The summed E-state index contributed by atoms with van der Waals surface area (Å²) in [6, 6.07) is -0.551. The van der Waals surface area contributed by atoms with Gasteiger partial charge in [0.2, 0.25) is 4.94 Å². The van der Waals surface area contributed by atoms with E-state index in [2.05, 4.69) is 5.09 Å². The van der Waals surface area contributed by atoms with Gasteiger partial charge in [-0.2, -0.15) is 0 Å². The molecule has 0 saturated heterocycles. The predicted octanol–water partition coefficient (Wildman–Crippen LogP) is 2.06. The van der Waals surface area contributed by atoms with Gasteiger partial charge >= 0.3 is 5.97 Å². The second kappa shape index (κ2) is 6.93. The van der Waals surface area contributed by atoms with E-state index in [0.717, 1.165) is 0 Å². The Morgan fingerprint density at radius 2 is 1.94 bits per heavy atom. The van der Waals surface area contributed by atoms with Gasteiger partial charge in [0.1, 0.15) is 6.04 Å². The van der Waals surface area contributed by atoms with Crippen molar-refractivity contribution in [2.45, 2.75) is 32.9 Å². The topological polar surface area (TPSA) is 58.6 Å². The maximum absolute atomic E-state index is 12.1. The van der Waals surface area contributed by atoms with Crippen molar-refractivity contribution < 1.29 is 14.1 Å². The van der Waals surface area contributed by atoms with Gasteiger partial charge in [-0.25, -0.2) is 5.09 Å². The predicted molar refractivity (Wildman–Crippen MR) is 74.0 cm³/mol. The zero-order chi connectivity index (χ0) is 12.9. The van der Waals surface area contributed by atoms with Crippen LogP contribution in [-0.2, 0) is 14.1 Å². The Morgan fingerprint density at radius 3 is 2.31 bits per heavy atom. The number of hydrogen-bond acceptors (Lipinski definition) is 4. The SMILES string of the molecule is CC(C)OC(=O)C(C)NP(=O)(I)CN(C)C. The fraction of sp³-hybridized carbons (Fsp3) is 0.889. The molecule has 0 radical (unpaired) electrons. The van der Waals surface area contributed by atoms with Gasteiger partial charge in [-0.05, 0) is 34.9 Å². The minimum Gasteiger partial charge on any atom is -0.462 e. The van der Waals surface area contributed by atoms with Crippen molar-refractivity contribution in [1.29, 1.82) is 0 Å². The van der Waals surface area contributed by atoms with E-state index in [1.165, 1.54) is 0 Å². The first kappa shape index (κ1) is 16.4. The lowest BCUT2D eigenvalue weighted by atomic mass is 10.4. The van der Waals surface area contributed by atoms with E-state index in [0.29, 0.717) is 6.29 Å². The van der Waals surface area contributed by atoms with E-state index in [1.807, 2.05) is 41.0 Å². The Balaban J connectivity index is 4.27. The molecule has 0 fully saturated rings. The first-order valence-electron chi connectivity index (χ1n) is 5.06. The minimum atomic E-state index is -2.56. The molecule has 0 aliphatic heterocycles. The number of nitrogens with zero attached hydrogens (tertiary/aromatic N) is 1. The summed E-state index contributed by atoms with van der Waals surface area (Å²) in [5.41, 5.74) is 0. The Morgan fingerprint density at radius 1 is 1.44 bits per heavy atom. The molecule has 7 heteroatoms. The average molecular weight is 362 g/mol. The molecule has 0 aromatic carbocycles. The van der Waals surface area contributed by atoms with Gasteiger partial charge in [0.05, 0.1) is 12.4 Å². The van der Waals surface area contributed by atoms with Crippen LogP contribution in [0.25, 0.3) is 0 Å². The first-order valence-corrected chi connectivity index (χ1v) is 9.73. The van der Waals surface area contributed by atoms with Gasteiger partial charge < -0.3 is 9.64 Å². The van der Waals surface area contributed by atoms with E-state index in [1.54, 1.807) is 20.8 Å². The maximum Gasteiger partial charge on any atom is 0.323 e. The fourth-order valence-corrected chi connectivity index (χ4v) is 5.66. The van der Waals surface area contributed by atoms with Gasteiger partial charge in [-0.3, -0.25) is 9.36 Å². The third-order valence-corrected chi connectivity index (χ3v) is 5.01. The first-order chi connectivity index (χ1) is 7.14. The molecule has 0 bridgehead atoms. The summed E-state index contributed by atoms with van der Waals surface area (Å²) in [5, 5.41) is 2.82. The summed E-state index contributed by atoms with van der Waals surface area (Å²) < 4.78 is 17.1. The Kier molecular flexibility index (Phi) is 7.09. The highest BCUT2D eigenvalue weighted by Crippen LogP contribution is 2.50. The van der Waals surface area contributed by atoms with Crippen LogP contribution in [0.15, 0.2) is 0 Å². The second-order valence-electron chi connectivity index (χ2n) is 4.21. The van der Waals surface area contributed by atoms with Gasteiger partial charge in [-0.1, -0.05) is 0 Å². The van der Waals surface area contributed by atoms with Crippen molar-refractivity contribution >= 4 is 32.9 Å². The number of halogens is 1. The molecule has 0 spiro atoms. The Labute approximate surface area is 110 Å². The molecular formula is C9H20IN2O3P. The number of esters is 1. The van der Waals surface area contributed by atoms with Crippen LogP contribution >= 0.6 is 27.0 Å². The lowest BCUT2D eigenvalue weighted by molar-refractivity contribution is -0.148. The van der Waals surface area contributed by atoms with E-state index in [4.69, 9.17) is 4.74 Å². The molecule has 96 valence electrons. The van der Waals surface area contributed by atoms with Crippen LogP contribution in [0.2, 0.25) is 0 Å². The lowest BCUT2D eigenvalue weighted by Crippen LogP contribution is -2.35. The van der Waals surface area contributed by atoms with Crippen molar-refractivity contribution in [3.8, 4) is 0 Å². The van der Waals surface area contributed by atoms with E-state index < -0.39 is 11.0 Å². The highest BCUT2D eigenvalue weighted by atomic mass is 127. The lowest BCUT2D eigenvalue weighted by Gasteiger charge is -2.21. The third kappa shape index (κ3) is 7.60. The van der Waals surface area contributed by atoms with Gasteiger partial charge in [0.25, 0.3) is 0 Å². The fourth-order valence-electron chi connectivity index (χ4n) is 1.08. The molecule has 0 aromatic rings. The van der Waals surface area contributed by atoms with Crippen molar-refractivity contribution in [2.24, 2.45) is 0 Å². The van der Waals surface area contributed by atoms with Gasteiger partial charge in [0.15, 0.2) is 0 Å². The summed E-state index contributed by atoms with van der Waals surface area (Å²) in [6.45, 7) is 5.23. The minimum absolute atomic E-state index is 0.154. The monoisotopic (exact) mass is 362 g/mol. The average Bonchev–Trinajstić information content (AvgIpc) is 1.98. The van der Waals surface area contributed by atoms with Crippen molar-refractivity contribution in [3.63, 3.8) is 0 Å². The molecule has 0 rings (SSSR count). The molecule has 2 unspecified atom stereocenters. The summed E-state index contributed by atoms with van der Waals surface area (Å²) in [4.78, 5) is 10.8. The molecule has 1 N–H and O–H groups in total. The number of carbonyl (C=O) groups excluding carboxylic acids is 1. The van der Waals surface area contributed by atoms with Crippen LogP contribution in [0, 0.1) is 0 Å². The molecule has 5 nitrogen and oxygen atoms in total. The summed E-state index contributed by atoms with van der Waals surface area (Å²) in [7, 11) is 3.67. The molecular weight excluding hydrogens is 342 g/mol. The molecule has 2 atom stereocenters. The summed E-state index contributed by atoms with van der Waals surface area (Å²) in [5.74, 6) is -0.370. The molecule has 0 amide bonds. The van der Waals surface area contributed by atoms with Crippen molar-refractivity contribution in [3.05, 3.63) is 0 Å². The van der Waals surface area contributed by atoms with Crippen molar-refractivity contribution in [2.75, 3.05) is 20.4 Å². The second-order valence-corrected chi connectivity index (χ2v) is 10.7. The Bertz CT molecular complexity index is 284. The van der Waals surface area contributed by atoms with Crippen LogP contribution in [0.5, 0.6) is 0 Å². The van der Waals surface area contributed by atoms with Crippen LogP contribution in [0.4, 0.5) is 0 Å². The largest absolute Gasteiger partial charge is 0.462 e. The van der Waals surface area contributed by atoms with E-state index in [-0.39, 0.29) is 12.1 Å². The standard InChI is InChI=1S/C9H20IN2O3P/c1-7(2)15-9(13)8(3)11-16(10,14)6-12(4)5/h7-8H,6H2,1-5H3,(H,11,14). The maximum atomic E-state index is 12.1. The van der Waals surface area contributed by atoms with Crippen molar-refractivity contribution in [1.82, 2.24) is 9.99 Å². The van der Waals surface area contributed by atoms with Crippen LogP contribution in [0.1, 0.15) is 20.8 Å². The highest BCUT2D eigenvalue weighted by Gasteiger charge is 2.25. The smallest absolute Gasteiger partial charge is 0.323 e.